The average Bonchev–Trinajstić information content (AvgIpc) is 2.13. The van der Waals surface area contributed by atoms with E-state index >= 15 is 0 Å². The standard InChI is InChI=1S/C8H17F2NO4S/c1-6(2)15-3-4-16(13,14)11-5-7(12)8(9)10/h6-8,11-12H,3-5H2,1-2H3. The van der Waals surface area contributed by atoms with Gasteiger partial charge in [0.05, 0.1) is 18.5 Å². The van der Waals surface area contributed by atoms with E-state index in [1.165, 1.54) is 0 Å². The van der Waals surface area contributed by atoms with E-state index in [4.69, 9.17) is 9.84 Å². The van der Waals surface area contributed by atoms with Crippen molar-refractivity contribution in [3.8, 4) is 0 Å². The Morgan fingerprint density at radius 1 is 1.38 bits per heavy atom. The fourth-order valence-corrected chi connectivity index (χ4v) is 1.65. The number of sulfonamides is 1. The second-order valence-electron chi connectivity index (χ2n) is 3.49. The second kappa shape index (κ2) is 7.10. The van der Waals surface area contributed by atoms with Gasteiger partial charge in [0.2, 0.25) is 10.0 Å². The van der Waals surface area contributed by atoms with Crippen LogP contribution < -0.4 is 4.72 Å². The van der Waals surface area contributed by atoms with Gasteiger partial charge in [-0.25, -0.2) is 21.9 Å². The molecule has 0 saturated heterocycles. The Labute approximate surface area is 93.8 Å². The molecule has 0 aromatic heterocycles. The molecule has 5 nitrogen and oxygen atoms in total. The number of rotatable bonds is 8. The van der Waals surface area contributed by atoms with Crippen molar-refractivity contribution in [1.29, 1.82) is 0 Å². The number of halogens is 2. The monoisotopic (exact) mass is 261 g/mol. The molecular weight excluding hydrogens is 244 g/mol. The zero-order valence-corrected chi connectivity index (χ0v) is 10.0. The van der Waals surface area contributed by atoms with Gasteiger partial charge in [-0.15, -0.1) is 0 Å². The van der Waals surface area contributed by atoms with Gasteiger partial charge in [0.15, 0.2) is 0 Å². The minimum absolute atomic E-state index is 0.0161. The van der Waals surface area contributed by atoms with Crippen molar-refractivity contribution in [1.82, 2.24) is 4.72 Å². The van der Waals surface area contributed by atoms with E-state index in [0.29, 0.717) is 0 Å². The van der Waals surface area contributed by atoms with E-state index in [9.17, 15) is 17.2 Å². The summed E-state index contributed by atoms with van der Waals surface area (Å²) in [6, 6.07) is 0. The van der Waals surface area contributed by atoms with Gasteiger partial charge in [-0.1, -0.05) is 0 Å². The highest BCUT2D eigenvalue weighted by Crippen LogP contribution is 1.99. The molecule has 0 rings (SSSR count). The summed E-state index contributed by atoms with van der Waals surface area (Å²) in [5, 5.41) is 8.70. The maximum absolute atomic E-state index is 11.9. The molecule has 0 spiro atoms. The molecule has 0 aliphatic heterocycles. The summed E-state index contributed by atoms with van der Waals surface area (Å²) in [5.74, 6) is -0.318. The normalized spacial score (nSPS) is 14.7. The van der Waals surface area contributed by atoms with Crippen molar-refractivity contribution in [2.45, 2.75) is 32.5 Å². The Kier molecular flexibility index (Phi) is 6.96. The van der Waals surface area contributed by atoms with E-state index in [1.807, 2.05) is 4.72 Å². The van der Waals surface area contributed by atoms with Gasteiger partial charge < -0.3 is 9.84 Å². The number of alkyl halides is 2. The van der Waals surface area contributed by atoms with Crippen LogP contribution in [0.1, 0.15) is 13.8 Å². The molecular formula is C8H17F2NO4S. The zero-order valence-electron chi connectivity index (χ0n) is 9.19. The summed E-state index contributed by atoms with van der Waals surface area (Å²) in [6.07, 6.45) is -5.04. The lowest BCUT2D eigenvalue weighted by Crippen LogP contribution is -2.37. The molecule has 0 aliphatic carbocycles. The van der Waals surface area contributed by atoms with Gasteiger partial charge >= 0.3 is 0 Å². The molecule has 98 valence electrons. The molecule has 0 saturated carbocycles. The number of hydrogen-bond donors (Lipinski definition) is 2. The summed E-state index contributed by atoms with van der Waals surface area (Å²) in [5.41, 5.74) is 0. The SMILES string of the molecule is CC(C)OCCS(=O)(=O)NCC(O)C(F)F. The number of ether oxygens (including phenoxy) is 1. The van der Waals surface area contributed by atoms with Gasteiger partial charge in [0, 0.05) is 6.54 Å². The molecule has 0 aromatic carbocycles. The third-order valence-corrected chi connectivity index (χ3v) is 2.92. The first kappa shape index (κ1) is 15.7. The number of nitrogens with one attached hydrogen (secondary N) is 1. The first-order chi connectivity index (χ1) is 7.24. The van der Waals surface area contributed by atoms with Crippen LogP contribution in [0.5, 0.6) is 0 Å². The molecule has 0 bridgehead atoms. The Bertz CT molecular complexity index is 282. The summed E-state index contributed by atoms with van der Waals surface area (Å²) in [4.78, 5) is 0. The van der Waals surface area contributed by atoms with Crippen LogP contribution >= 0.6 is 0 Å². The molecule has 2 N–H and O–H groups in total. The summed E-state index contributed by atoms with van der Waals surface area (Å²) in [7, 11) is -3.67. The van der Waals surface area contributed by atoms with E-state index in [2.05, 4.69) is 0 Å². The van der Waals surface area contributed by atoms with Crippen LogP contribution in [-0.4, -0.2) is 51.1 Å². The maximum Gasteiger partial charge on any atom is 0.265 e. The van der Waals surface area contributed by atoms with Crippen molar-refractivity contribution < 1.29 is 27.0 Å². The number of hydrogen-bond acceptors (Lipinski definition) is 4. The van der Waals surface area contributed by atoms with Crippen molar-refractivity contribution in [3.05, 3.63) is 0 Å². The van der Waals surface area contributed by atoms with Crippen molar-refractivity contribution >= 4 is 10.0 Å². The molecule has 0 heterocycles. The lowest BCUT2D eigenvalue weighted by molar-refractivity contribution is -0.000481. The van der Waals surface area contributed by atoms with Gasteiger partial charge in [-0.3, -0.25) is 0 Å². The van der Waals surface area contributed by atoms with Crippen LogP contribution in [-0.2, 0) is 14.8 Å². The highest BCUT2D eigenvalue weighted by atomic mass is 32.2. The quantitative estimate of drug-likeness (QED) is 0.642. The Morgan fingerprint density at radius 2 is 1.94 bits per heavy atom. The van der Waals surface area contributed by atoms with Crippen LogP contribution in [0, 0.1) is 0 Å². The Balaban J connectivity index is 3.88. The number of aliphatic hydroxyl groups excluding tert-OH is 1. The molecule has 0 fully saturated rings. The fourth-order valence-electron chi connectivity index (χ4n) is 0.767. The predicted octanol–water partition coefficient (Wildman–Crippen LogP) is -0.0432. The molecule has 1 atom stereocenters. The van der Waals surface area contributed by atoms with E-state index in [0.717, 1.165) is 0 Å². The Morgan fingerprint density at radius 3 is 2.38 bits per heavy atom. The second-order valence-corrected chi connectivity index (χ2v) is 5.42. The molecule has 0 amide bonds. The first-order valence-electron chi connectivity index (χ1n) is 4.79. The molecule has 8 heteroatoms. The number of aliphatic hydroxyl groups is 1. The predicted molar refractivity (Wildman–Crippen MR) is 54.9 cm³/mol. The van der Waals surface area contributed by atoms with Crippen LogP contribution in [0.3, 0.4) is 0 Å². The molecule has 0 radical (unpaired) electrons. The topological polar surface area (TPSA) is 75.6 Å². The van der Waals surface area contributed by atoms with Gasteiger partial charge in [0.1, 0.15) is 6.10 Å². The molecule has 1 unspecified atom stereocenters. The van der Waals surface area contributed by atoms with E-state index in [-0.39, 0.29) is 18.5 Å². The summed E-state index contributed by atoms with van der Waals surface area (Å²) in [6.45, 7) is 2.79. The lowest BCUT2D eigenvalue weighted by atomic mass is 10.4. The lowest BCUT2D eigenvalue weighted by Gasteiger charge is -2.12. The van der Waals surface area contributed by atoms with Crippen molar-refractivity contribution in [2.75, 3.05) is 18.9 Å². The van der Waals surface area contributed by atoms with Crippen LogP contribution in [0.4, 0.5) is 8.78 Å². The molecule has 0 aromatic rings. The highest BCUT2D eigenvalue weighted by Gasteiger charge is 2.19. The Hall–Kier alpha value is -0.310. The van der Waals surface area contributed by atoms with Crippen LogP contribution in [0.15, 0.2) is 0 Å². The highest BCUT2D eigenvalue weighted by molar-refractivity contribution is 7.89. The summed E-state index contributed by atoms with van der Waals surface area (Å²) >= 11 is 0. The molecule has 0 aliphatic rings. The van der Waals surface area contributed by atoms with Crippen molar-refractivity contribution in [3.63, 3.8) is 0 Å². The van der Waals surface area contributed by atoms with Gasteiger partial charge in [-0.05, 0) is 13.8 Å². The van der Waals surface area contributed by atoms with Crippen LogP contribution in [0.25, 0.3) is 0 Å². The first-order valence-corrected chi connectivity index (χ1v) is 6.45. The van der Waals surface area contributed by atoms with E-state index in [1.54, 1.807) is 13.8 Å². The minimum Gasteiger partial charge on any atom is -0.386 e. The average molecular weight is 261 g/mol. The third kappa shape index (κ3) is 7.91. The van der Waals surface area contributed by atoms with Gasteiger partial charge in [0.25, 0.3) is 6.43 Å². The fraction of sp³-hybridized carbons (Fsp3) is 1.00. The van der Waals surface area contributed by atoms with Gasteiger partial charge in [-0.2, -0.15) is 0 Å². The summed E-state index contributed by atoms with van der Waals surface area (Å²) < 4.78 is 53.0. The smallest absolute Gasteiger partial charge is 0.265 e. The third-order valence-electron chi connectivity index (χ3n) is 1.61. The maximum atomic E-state index is 11.9. The minimum atomic E-state index is -3.67. The zero-order chi connectivity index (χ0) is 12.8. The van der Waals surface area contributed by atoms with E-state index < -0.39 is 29.1 Å². The van der Waals surface area contributed by atoms with Crippen LogP contribution in [0.2, 0.25) is 0 Å². The largest absolute Gasteiger partial charge is 0.386 e. The van der Waals surface area contributed by atoms with Crippen molar-refractivity contribution in [2.24, 2.45) is 0 Å². The molecule has 16 heavy (non-hydrogen) atoms.